The van der Waals surface area contributed by atoms with Gasteiger partial charge in [-0.05, 0) is 49.4 Å². The monoisotopic (exact) mass is 310 g/mol. The maximum Gasteiger partial charge on any atom is 0.147 e. The van der Waals surface area contributed by atoms with E-state index < -0.39 is 0 Å². The number of aliphatic hydroxyl groups excluding tert-OH is 1. The molecule has 3 nitrogen and oxygen atoms in total. The highest BCUT2D eigenvalue weighted by molar-refractivity contribution is 5.12. The SMILES string of the molecule is C=C[C@H](OCOC)[C@@H](C)C[C@H]1C(C)=CC[C@H](C(C)C)[C@H]1CO. The van der Waals surface area contributed by atoms with Crippen LogP contribution in [0.1, 0.15) is 40.5 Å². The maximum absolute atomic E-state index is 9.95. The van der Waals surface area contributed by atoms with Gasteiger partial charge < -0.3 is 14.6 Å². The first kappa shape index (κ1) is 19.4. The Hall–Kier alpha value is -0.640. The first-order chi connectivity index (χ1) is 10.5. The maximum atomic E-state index is 9.95. The lowest BCUT2D eigenvalue weighted by atomic mass is 9.66. The fourth-order valence-electron chi connectivity index (χ4n) is 3.82. The van der Waals surface area contributed by atoms with Gasteiger partial charge in [0.1, 0.15) is 6.79 Å². The van der Waals surface area contributed by atoms with Gasteiger partial charge in [0.05, 0.1) is 6.10 Å². The van der Waals surface area contributed by atoms with E-state index in [1.165, 1.54) is 5.57 Å². The van der Waals surface area contributed by atoms with Crippen LogP contribution in [0.25, 0.3) is 0 Å². The van der Waals surface area contributed by atoms with Crippen LogP contribution >= 0.6 is 0 Å². The second-order valence-corrected chi connectivity index (χ2v) is 7.03. The van der Waals surface area contributed by atoms with Gasteiger partial charge in [0.2, 0.25) is 0 Å². The van der Waals surface area contributed by atoms with E-state index >= 15 is 0 Å². The Labute approximate surface area is 136 Å². The molecule has 5 atom stereocenters. The molecule has 1 aliphatic carbocycles. The van der Waals surface area contributed by atoms with Gasteiger partial charge in [-0.1, -0.05) is 38.5 Å². The summed E-state index contributed by atoms with van der Waals surface area (Å²) in [6.45, 7) is 13.4. The van der Waals surface area contributed by atoms with E-state index in [0.29, 0.717) is 36.4 Å². The fourth-order valence-corrected chi connectivity index (χ4v) is 3.82. The van der Waals surface area contributed by atoms with Crippen molar-refractivity contribution in [3.8, 4) is 0 Å². The van der Waals surface area contributed by atoms with Gasteiger partial charge in [-0.15, -0.1) is 6.58 Å². The van der Waals surface area contributed by atoms with Crippen molar-refractivity contribution in [2.24, 2.45) is 29.6 Å². The summed E-state index contributed by atoms with van der Waals surface area (Å²) in [5.74, 6) is 2.28. The van der Waals surface area contributed by atoms with Crippen LogP contribution in [-0.4, -0.2) is 31.7 Å². The van der Waals surface area contributed by atoms with E-state index in [1.807, 2.05) is 6.08 Å². The van der Waals surface area contributed by atoms with E-state index in [0.717, 1.165) is 12.8 Å². The topological polar surface area (TPSA) is 38.7 Å². The molecule has 1 aliphatic rings. The zero-order chi connectivity index (χ0) is 16.7. The Morgan fingerprint density at radius 1 is 1.41 bits per heavy atom. The zero-order valence-electron chi connectivity index (χ0n) is 14.9. The number of hydrogen-bond acceptors (Lipinski definition) is 3. The average molecular weight is 310 g/mol. The zero-order valence-corrected chi connectivity index (χ0v) is 14.9. The molecule has 128 valence electrons. The van der Waals surface area contributed by atoms with Gasteiger partial charge >= 0.3 is 0 Å². The van der Waals surface area contributed by atoms with E-state index in [4.69, 9.17) is 9.47 Å². The second kappa shape index (κ2) is 9.49. The minimum atomic E-state index is -0.00785. The summed E-state index contributed by atoms with van der Waals surface area (Å²) in [4.78, 5) is 0. The Kier molecular flexibility index (Phi) is 8.37. The third-order valence-electron chi connectivity index (χ3n) is 5.23. The first-order valence-corrected chi connectivity index (χ1v) is 8.46. The minimum absolute atomic E-state index is 0.00785. The molecule has 22 heavy (non-hydrogen) atoms. The lowest BCUT2D eigenvalue weighted by Crippen LogP contribution is -2.36. The summed E-state index contributed by atoms with van der Waals surface area (Å²) >= 11 is 0. The molecule has 0 heterocycles. The summed E-state index contributed by atoms with van der Waals surface area (Å²) in [7, 11) is 1.63. The van der Waals surface area contributed by atoms with Crippen LogP contribution in [0.5, 0.6) is 0 Å². The van der Waals surface area contributed by atoms with Crippen LogP contribution in [0.15, 0.2) is 24.3 Å². The van der Waals surface area contributed by atoms with Gasteiger partial charge in [0.25, 0.3) is 0 Å². The van der Waals surface area contributed by atoms with E-state index in [1.54, 1.807) is 7.11 Å². The van der Waals surface area contributed by atoms with Crippen molar-refractivity contribution in [2.45, 2.75) is 46.6 Å². The number of allylic oxidation sites excluding steroid dienone is 2. The van der Waals surface area contributed by atoms with Crippen molar-refractivity contribution in [1.82, 2.24) is 0 Å². The lowest BCUT2D eigenvalue weighted by molar-refractivity contribution is -0.0746. The molecule has 0 fully saturated rings. The third-order valence-corrected chi connectivity index (χ3v) is 5.23. The van der Waals surface area contributed by atoms with Crippen LogP contribution in [0.4, 0.5) is 0 Å². The van der Waals surface area contributed by atoms with Gasteiger partial charge in [0.15, 0.2) is 0 Å². The van der Waals surface area contributed by atoms with Gasteiger partial charge in [-0.25, -0.2) is 0 Å². The summed E-state index contributed by atoms with van der Waals surface area (Å²) < 4.78 is 10.7. The molecule has 0 spiro atoms. The normalized spacial score (nSPS) is 28.3. The highest BCUT2D eigenvalue weighted by Gasteiger charge is 2.36. The molecule has 0 unspecified atom stereocenters. The predicted octanol–water partition coefficient (Wildman–Crippen LogP) is 4.03. The van der Waals surface area contributed by atoms with Gasteiger partial charge in [-0.3, -0.25) is 0 Å². The Morgan fingerprint density at radius 2 is 2.09 bits per heavy atom. The lowest BCUT2D eigenvalue weighted by Gasteiger charge is -2.40. The van der Waals surface area contributed by atoms with Crippen molar-refractivity contribution >= 4 is 0 Å². The van der Waals surface area contributed by atoms with Crippen molar-refractivity contribution in [1.29, 1.82) is 0 Å². The molecule has 0 amide bonds. The number of hydrogen-bond donors (Lipinski definition) is 1. The molecule has 1 N–H and O–H groups in total. The molecule has 1 rings (SSSR count). The summed E-state index contributed by atoms with van der Waals surface area (Å²) in [5, 5.41) is 9.95. The Bertz CT molecular complexity index is 362. The van der Waals surface area contributed by atoms with E-state index in [9.17, 15) is 5.11 Å². The van der Waals surface area contributed by atoms with Gasteiger partial charge in [0, 0.05) is 13.7 Å². The molecule has 0 saturated carbocycles. The van der Waals surface area contributed by atoms with E-state index in [-0.39, 0.29) is 12.7 Å². The van der Waals surface area contributed by atoms with Crippen LogP contribution < -0.4 is 0 Å². The van der Waals surface area contributed by atoms with Gasteiger partial charge in [-0.2, -0.15) is 0 Å². The van der Waals surface area contributed by atoms with Crippen molar-refractivity contribution < 1.29 is 14.6 Å². The van der Waals surface area contributed by atoms with Crippen LogP contribution in [0.3, 0.4) is 0 Å². The highest BCUT2D eigenvalue weighted by Crippen LogP contribution is 2.42. The van der Waals surface area contributed by atoms with Crippen LogP contribution in [0.2, 0.25) is 0 Å². The molecular weight excluding hydrogens is 276 g/mol. The first-order valence-electron chi connectivity index (χ1n) is 8.46. The Balaban J connectivity index is 2.80. The molecule has 0 aromatic rings. The summed E-state index contributed by atoms with van der Waals surface area (Å²) in [6, 6.07) is 0. The largest absolute Gasteiger partial charge is 0.396 e. The van der Waals surface area contributed by atoms with Crippen molar-refractivity contribution in [3.05, 3.63) is 24.3 Å². The molecule has 0 aromatic heterocycles. The molecular formula is C19H34O3. The summed E-state index contributed by atoms with van der Waals surface area (Å²) in [5.41, 5.74) is 1.41. The highest BCUT2D eigenvalue weighted by atomic mass is 16.7. The third kappa shape index (κ3) is 4.94. The van der Waals surface area contributed by atoms with E-state index in [2.05, 4.69) is 40.3 Å². The average Bonchev–Trinajstić information content (AvgIpc) is 2.49. The number of aliphatic hydroxyl groups is 1. The van der Waals surface area contributed by atoms with Crippen LogP contribution in [0, 0.1) is 29.6 Å². The standard InChI is InChI=1S/C19H34O3/c1-7-19(22-12-21-6)15(5)10-17-14(4)8-9-16(13(2)3)18(17)11-20/h7-8,13,15-20H,1,9-12H2,2-6H3/t15-,16+,17-,18+,19-/m0/s1. The quantitative estimate of drug-likeness (QED) is 0.516. The molecule has 0 saturated heterocycles. The molecule has 0 aliphatic heterocycles. The number of methoxy groups -OCH3 is 1. The number of ether oxygens (including phenoxy) is 2. The van der Waals surface area contributed by atoms with Crippen molar-refractivity contribution in [2.75, 3.05) is 20.5 Å². The molecule has 0 radical (unpaired) electrons. The fraction of sp³-hybridized carbons (Fsp3) is 0.789. The minimum Gasteiger partial charge on any atom is -0.396 e. The number of rotatable bonds is 9. The molecule has 3 heteroatoms. The smallest absolute Gasteiger partial charge is 0.147 e. The summed E-state index contributed by atoms with van der Waals surface area (Å²) in [6.07, 6.45) is 6.32. The Morgan fingerprint density at radius 3 is 2.59 bits per heavy atom. The predicted molar refractivity (Wildman–Crippen MR) is 91.5 cm³/mol. The van der Waals surface area contributed by atoms with Crippen molar-refractivity contribution in [3.63, 3.8) is 0 Å². The second-order valence-electron chi connectivity index (χ2n) is 7.03. The molecule has 0 bridgehead atoms. The molecule has 0 aromatic carbocycles. The van der Waals surface area contributed by atoms with Crippen LogP contribution in [-0.2, 0) is 9.47 Å².